The second-order valence-corrected chi connectivity index (χ2v) is 4.88. The number of hydrogen-bond acceptors (Lipinski definition) is 2. The van der Waals surface area contributed by atoms with Crippen LogP contribution >= 0.6 is 0 Å². The molecule has 98 valence electrons. The number of rotatable bonds is 2. The van der Waals surface area contributed by atoms with Crippen molar-refractivity contribution in [2.45, 2.75) is 13.0 Å². The summed E-state index contributed by atoms with van der Waals surface area (Å²) in [5.74, 6) is -0.202. The summed E-state index contributed by atoms with van der Waals surface area (Å²) >= 11 is 0. The van der Waals surface area contributed by atoms with Gasteiger partial charge >= 0.3 is 0 Å². The fourth-order valence-corrected chi connectivity index (χ4v) is 2.63. The van der Waals surface area contributed by atoms with Crippen molar-refractivity contribution in [3.8, 4) is 0 Å². The molecule has 2 nitrogen and oxygen atoms in total. The third-order valence-electron chi connectivity index (χ3n) is 3.68. The first-order chi connectivity index (χ1) is 9.25. The fourth-order valence-electron chi connectivity index (χ4n) is 2.63. The second kappa shape index (κ2) is 5.02. The summed E-state index contributed by atoms with van der Waals surface area (Å²) in [6, 6.07) is 13.1. The van der Waals surface area contributed by atoms with Gasteiger partial charge in [0.05, 0.1) is 0 Å². The van der Waals surface area contributed by atoms with Crippen molar-refractivity contribution < 1.29 is 4.39 Å². The fraction of sp³-hybridized carbons (Fsp3) is 0.250. The van der Waals surface area contributed by atoms with Gasteiger partial charge in [-0.25, -0.2) is 4.39 Å². The minimum atomic E-state index is -0.202. The van der Waals surface area contributed by atoms with E-state index in [9.17, 15) is 4.39 Å². The number of halogens is 1. The largest absolute Gasteiger partial charge is 0.344 e. The number of benzene rings is 2. The Labute approximate surface area is 112 Å². The van der Waals surface area contributed by atoms with Crippen LogP contribution in [0.15, 0.2) is 42.5 Å². The van der Waals surface area contributed by atoms with Crippen LogP contribution in [-0.2, 0) is 13.0 Å². The standard InChI is InChI=1S/C16H17FN2/c1-19(14-6-3-5-13(17)10-14)16-7-2-4-12-8-9-18-11-15(12)16/h2-7,10,18H,8-9,11H2,1H3. The molecule has 3 heteroatoms. The Balaban J connectivity index is 2.02. The van der Waals surface area contributed by atoms with Crippen molar-refractivity contribution in [1.82, 2.24) is 5.32 Å². The maximum Gasteiger partial charge on any atom is 0.125 e. The maximum absolute atomic E-state index is 13.3. The summed E-state index contributed by atoms with van der Waals surface area (Å²) in [5, 5.41) is 3.40. The molecule has 0 spiro atoms. The zero-order valence-electron chi connectivity index (χ0n) is 11.0. The van der Waals surface area contributed by atoms with E-state index in [0.717, 1.165) is 30.9 Å². The molecule has 0 radical (unpaired) electrons. The molecule has 2 aromatic carbocycles. The van der Waals surface area contributed by atoms with Gasteiger partial charge < -0.3 is 10.2 Å². The molecule has 3 rings (SSSR count). The zero-order chi connectivity index (χ0) is 13.2. The average molecular weight is 256 g/mol. The molecule has 0 saturated heterocycles. The lowest BCUT2D eigenvalue weighted by Gasteiger charge is -2.27. The molecule has 1 N–H and O–H groups in total. The third-order valence-corrected chi connectivity index (χ3v) is 3.68. The van der Waals surface area contributed by atoms with Crippen LogP contribution in [-0.4, -0.2) is 13.6 Å². The summed E-state index contributed by atoms with van der Waals surface area (Å²) in [7, 11) is 1.99. The second-order valence-electron chi connectivity index (χ2n) is 4.88. The summed E-state index contributed by atoms with van der Waals surface area (Å²) in [4.78, 5) is 2.05. The van der Waals surface area contributed by atoms with Gasteiger partial charge in [-0.15, -0.1) is 0 Å². The first-order valence-corrected chi connectivity index (χ1v) is 6.56. The molecule has 0 aromatic heterocycles. The van der Waals surface area contributed by atoms with E-state index < -0.39 is 0 Å². The molecular weight excluding hydrogens is 239 g/mol. The number of nitrogens with one attached hydrogen (secondary N) is 1. The number of hydrogen-bond donors (Lipinski definition) is 1. The Hall–Kier alpha value is -1.87. The van der Waals surface area contributed by atoms with E-state index in [2.05, 4.69) is 28.4 Å². The summed E-state index contributed by atoms with van der Waals surface area (Å²) < 4.78 is 13.3. The monoisotopic (exact) mass is 256 g/mol. The molecule has 19 heavy (non-hydrogen) atoms. The van der Waals surface area contributed by atoms with Crippen LogP contribution in [0.5, 0.6) is 0 Å². The third kappa shape index (κ3) is 2.34. The van der Waals surface area contributed by atoms with Gasteiger partial charge in [-0.3, -0.25) is 0 Å². The van der Waals surface area contributed by atoms with Gasteiger partial charge in [-0.05, 0) is 48.4 Å². The van der Waals surface area contributed by atoms with E-state index in [1.54, 1.807) is 12.1 Å². The van der Waals surface area contributed by atoms with Crippen LogP contribution in [0.4, 0.5) is 15.8 Å². The van der Waals surface area contributed by atoms with Gasteiger partial charge in [-0.2, -0.15) is 0 Å². The van der Waals surface area contributed by atoms with Crippen molar-refractivity contribution in [3.63, 3.8) is 0 Å². The number of anilines is 2. The Bertz CT molecular complexity index is 595. The van der Waals surface area contributed by atoms with E-state index >= 15 is 0 Å². The quantitative estimate of drug-likeness (QED) is 0.887. The van der Waals surface area contributed by atoms with Crippen LogP contribution in [0.3, 0.4) is 0 Å². The first-order valence-electron chi connectivity index (χ1n) is 6.56. The highest BCUT2D eigenvalue weighted by molar-refractivity contribution is 5.67. The van der Waals surface area contributed by atoms with Crippen molar-refractivity contribution in [2.75, 3.05) is 18.5 Å². The Morgan fingerprint density at radius 2 is 2.00 bits per heavy atom. The van der Waals surface area contributed by atoms with Gasteiger partial charge in [-0.1, -0.05) is 18.2 Å². The van der Waals surface area contributed by atoms with Gasteiger partial charge in [0, 0.05) is 25.0 Å². The minimum Gasteiger partial charge on any atom is -0.344 e. The lowest BCUT2D eigenvalue weighted by atomic mass is 9.98. The molecule has 0 saturated carbocycles. The Morgan fingerprint density at radius 1 is 1.16 bits per heavy atom. The van der Waals surface area contributed by atoms with Crippen LogP contribution in [0.25, 0.3) is 0 Å². The minimum absolute atomic E-state index is 0.202. The Morgan fingerprint density at radius 3 is 2.84 bits per heavy atom. The number of nitrogens with zero attached hydrogens (tertiary/aromatic N) is 1. The molecule has 0 amide bonds. The van der Waals surface area contributed by atoms with Crippen molar-refractivity contribution in [3.05, 3.63) is 59.4 Å². The van der Waals surface area contributed by atoms with E-state index in [1.807, 2.05) is 13.1 Å². The summed E-state index contributed by atoms with van der Waals surface area (Å²) in [6.45, 7) is 1.91. The highest BCUT2D eigenvalue weighted by atomic mass is 19.1. The van der Waals surface area contributed by atoms with E-state index in [-0.39, 0.29) is 5.82 Å². The highest BCUT2D eigenvalue weighted by Crippen LogP contribution is 2.30. The smallest absolute Gasteiger partial charge is 0.125 e. The predicted octanol–water partition coefficient (Wildman–Crippen LogP) is 3.24. The molecular formula is C16H17FN2. The van der Waals surface area contributed by atoms with Gasteiger partial charge in [0.1, 0.15) is 5.82 Å². The lowest BCUT2D eigenvalue weighted by molar-refractivity contribution is 0.627. The normalized spacial score (nSPS) is 14.0. The van der Waals surface area contributed by atoms with Gasteiger partial charge in [0.2, 0.25) is 0 Å². The number of fused-ring (bicyclic) bond motifs is 1. The highest BCUT2D eigenvalue weighted by Gasteiger charge is 2.15. The lowest BCUT2D eigenvalue weighted by Crippen LogP contribution is -2.26. The van der Waals surface area contributed by atoms with Crippen molar-refractivity contribution in [1.29, 1.82) is 0 Å². The van der Waals surface area contributed by atoms with E-state index in [4.69, 9.17) is 0 Å². The maximum atomic E-state index is 13.3. The first kappa shape index (κ1) is 12.2. The molecule has 0 atom stereocenters. The molecule has 1 aliphatic heterocycles. The molecule has 2 aromatic rings. The van der Waals surface area contributed by atoms with Crippen molar-refractivity contribution in [2.24, 2.45) is 0 Å². The predicted molar refractivity (Wildman–Crippen MR) is 76.3 cm³/mol. The van der Waals surface area contributed by atoms with Crippen LogP contribution in [0.2, 0.25) is 0 Å². The molecule has 0 fully saturated rings. The van der Waals surface area contributed by atoms with E-state index in [1.165, 1.54) is 17.2 Å². The molecule has 0 aliphatic carbocycles. The SMILES string of the molecule is CN(c1cccc(F)c1)c1cccc2c1CNCC2. The van der Waals surface area contributed by atoms with Crippen molar-refractivity contribution >= 4 is 11.4 Å². The van der Waals surface area contributed by atoms with E-state index in [0.29, 0.717) is 0 Å². The van der Waals surface area contributed by atoms with Crippen LogP contribution in [0, 0.1) is 5.82 Å². The molecule has 1 aliphatic rings. The van der Waals surface area contributed by atoms with Crippen LogP contribution < -0.4 is 10.2 Å². The molecule has 0 bridgehead atoms. The molecule has 0 unspecified atom stereocenters. The van der Waals surface area contributed by atoms with Gasteiger partial charge in [0.15, 0.2) is 0 Å². The summed E-state index contributed by atoms with van der Waals surface area (Å²) in [6.07, 6.45) is 1.06. The van der Waals surface area contributed by atoms with Crippen LogP contribution in [0.1, 0.15) is 11.1 Å². The zero-order valence-corrected chi connectivity index (χ0v) is 11.0. The Kier molecular flexibility index (Phi) is 3.22. The summed E-state index contributed by atoms with van der Waals surface area (Å²) in [5.41, 5.74) is 4.73. The van der Waals surface area contributed by atoms with Gasteiger partial charge in [0.25, 0.3) is 0 Å². The topological polar surface area (TPSA) is 15.3 Å². The molecule has 1 heterocycles. The average Bonchev–Trinajstić information content (AvgIpc) is 2.46.